The van der Waals surface area contributed by atoms with Crippen LogP contribution in [0.3, 0.4) is 0 Å². The van der Waals surface area contributed by atoms with E-state index in [2.05, 4.69) is 0 Å². The lowest BCUT2D eigenvalue weighted by Crippen LogP contribution is -2.38. The van der Waals surface area contributed by atoms with Crippen molar-refractivity contribution >= 4 is 27.6 Å². The lowest BCUT2D eigenvalue weighted by atomic mass is 10.2. The second kappa shape index (κ2) is 5.58. The summed E-state index contributed by atoms with van der Waals surface area (Å²) >= 11 is 5.56. The summed E-state index contributed by atoms with van der Waals surface area (Å²) in [6.45, 7) is 1.03. The summed E-state index contributed by atoms with van der Waals surface area (Å²) in [7, 11) is -4.48. The van der Waals surface area contributed by atoms with E-state index in [1.165, 1.54) is 0 Å². The summed E-state index contributed by atoms with van der Waals surface area (Å²) in [5.74, 6) is -1.48. The highest BCUT2D eigenvalue weighted by molar-refractivity contribution is 7.89. The molecular formula is C10H9ClF3NO4S. The maximum absolute atomic E-state index is 12.5. The van der Waals surface area contributed by atoms with E-state index in [1.54, 1.807) is 4.72 Å². The van der Waals surface area contributed by atoms with E-state index in [9.17, 15) is 26.4 Å². The molecule has 112 valence electrons. The Bertz CT molecular complexity index is 630. The van der Waals surface area contributed by atoms with Crippen molar-refractivity contribution in [1.82, 2.24) is 4.72 Å². The van der Waals surface area contributed by atoms with Gasteiger partial charge in [-0.15, -0.1) is 0 Å². The number of halogens is 4. The van der Waals surface area contributed by atoms with Crippen LogP contribution in [0.2, 0.25) is 5.02 Å². The minimum atomic E-state index is -4.74. The van der Waals surface area contributed by atoms with Crippen LogP contribution < -0.4 is 4.72 Å². The van der Waals surface area contributed by atoms with Gasteiger partial charge in [0.05, 0.1) is 10.6 Å². The van der Waals surface area contributed by atoms with Gasteiger partial charge in [0.25, 0.3) is 0 Å². The average molecular weight is 332 g/mol. The van der Waals surface area contributed by atoms with Crippen molar-refractivity contribution in [1.29, 1.82) is 0 Å². The molecule has 2 N–H and O–H groups in total. The number of alkyl halides is 3. The zero-order chi connectivity index (χ0) is 15.7. The number of benzene rings is 1. The third kappa shape index (κ3) is 3.84. The molecule has 20 heavy (non-hydrogen) atoms. The first-order valence-corrected chi connectivity index (χ1v) is 6.93. The van der Waals surface area contributed by atoms with Crippen LogP contribution >= 0.6 is 11.6 Å². The molecule has 1 aromatic rings. The number of sulfonamides is 1. The second-order valence-corrected chi connectivity index (χ2v) is 5.91. The van der Waals surface area contributed by atoms with Crippen LogP contribution in [0.4, 0.5) is 13.2 Å². The van der Waals surface area contributed by atoms with Gasteiger partial charge in [-0.1, -0.05) is 11.6 Å². The molecule has 0 radical (unpaired) electrons. The third-order valence-electron chi connectivity index (χ3n) is 2.25. The molecule has 0 aromatic heterocycles. The molecule has 0 aliphatic carbocycles. The Morgan fingerprint density at radius 1 is 1.40 bits per heavy atom. The van der Waals surface area contributed by atoms with Crippen molar-refractivity contribution in [3.8, 4) is 0 Å². The summed E-state index contributed by atoms with van der Waals surface area (Å²) in [4.78, 5) is 9.75. The van der Waals surface area contributed by atoms with Crippen molar-refractivity contribution in [3.05, 3.63) is 28.8 Å². The predicted octanol–water partition coefficient (Wildman–Crippen LogP) is 2.11. The number of carboxylic acids is 1. The Hall–Kier alpha value is -1.32. The van der Waals surface area contributed by atoms with E-state index in [1.807, 2.05) is 0 Å². The molecule has 1 rings (SSSR count). The van der Waals surface area contributed by atoms with E-state index < -0.39 is 43.7 Å². The summed E-state index contributed by atoms with van der Waals surface area (Å²) < 4.78 is 62.9. The Morgan fingerprint density at radius 3 is 2.40 bits per heavy atom. The standard InChI is InChI=1S/C10H9ClF3NO4S/c1-5(9(16)17)15-20(18,19)8-4-6(10(12,13)14)2-3-7(8)11/h2-5,15H,1H3,(H,16,17)/t5-/m1/s1. The zero-order valence-electron chi connectivity index (χ0n) is 9.90. The molecule has 10 heteroatoms. The highest BCUT2D eigenvalue weighted by Crippen LogP contribution is 2.33. The van der Waals surface area contributed by atoms with E-state index >= 15 is 0 Å². The minimum absolute atomic E-state index is 0.346. The van der Waals surface area contributed by atoms with Crippen LogP contribution in [0.25, 0.3) is 0 Å². The molecule has 1 atom stereocenters. The fourth-order valence-corrected chi connectivity index (χ4v) is 2.95. The van der Waals surface area contributed by atoms with Gasteiger partial charge in [0.2, 0.25) is 10.0 Å². The summed E-state index contributed by atoms with van der Waals surface area (Å²) in [5, 5.41) is 8.16. The van der Waals surface area contributed by atoms with Gasteiger partial charge in [0, 0.05) is 0 Å². The van der Waals surface area contributed by atoms with Crippen molar-refractivity contribution < 1.29 is 31.5 Å². The fraction of sp³-hybridized carbons (Fsp3) is 0.300. The smallest absolute Gasteiger partial charge is 0.416 e. The summed E-state index contributed by atoms with van der Waals surface area (Å²) in [5.41, 5.74) is -1.20. The molecule has 0 saturated heterocycles. The molecule has 0 saturated carbocycles. The molecule has 0 heterocycles. The van der Waals surface area contributed by atoms with Crippen LogP contribution in [0, 0.1) is 0 Å². The quantitative estimate of drug-likeness (QED) is 0.885. The Labute approximate surface area is 117 Å². The highest BCUT2D eigenvalue weighted by atomic mass is 35.5. The van der Waals surface area contributed by atoms with Crippen LogP contribution in [0.1, 0.15) is 12.5 Å². The SMILES string of the molecule is C[C@@H](NS(=O)(=O)c1cc(C(F)(F)F)ccc1Cl)C(=O)O. The summed E-state index contributed by atoms with van der Waals surface area (Å²) in [6, 6.07) is 0.247. The maximum atomic E-state index is 12.5. The molecule has 5 nitrogen and oxygen atoms in total. The first kappa shape index (κ1) is 16.7. The van der Waals surface area contributed by atoms with E-state index in [4.69, 9.17) is 16.7 Å². The third-order valence-corrected chi connectivity index (χ3v) is 4.27. The van der Waals surface area contributed by atoms with Gasteiger partial charge in [0.1, 0.15) is 10.9 Å². The number of hydrogen-bond donors (Lipinski definition) is 2. The highest BCUT2D eigenvalue weighted by Gasteiger charge is 2.33. The fourth-order valence-electron chi connectivity index (χ4n) is 1.23. The number of carboxylic acid groups (broad SMARTS) is 1. The van der Waals surface area contributed by atoms with Crippen molar-refractivity contribution in [2.45, 2.75) is 24.0 Å². The van der Waals surface area contributed by atoms with Crippen LogP contribution in [-0.2, 0) is 21.0 Å². The number of nitrogens with one attached hydrogen (secondary N) is 1. The first-order valence-electron chi connectivity index (χ1n) is 5.07. The summed E-state index contributed by atoms with van der Waals surface area (Å²) in [6.07, 6.45) is -4.74. The van der Waals surface area contributed by atoms with Gasteiger partial charge in [-0.05, 0) is 25.1 Å². The van der Waals surface area contributed by atoms with Crippen molar-refractivity contribution in [2.75, 3.05) is 0 Å². The molecule has 0 aliphatic heterocycles. The monoisotopic (exact) mass is 331 g/mol. The van der Waals surface area contributed by atoms with Gasteiger partial charge in [-0.25, -0.2) is 8.42 Å². The lowest BCUT2D eigenvalue weighted by molar-refractivity contribution is -0.139. The maximum Gasteiger partial charge on any atom is 0.416 e. The molecule has 1 aromatic carbocycles. The van der Waals surface area contributed by atoms with Crippen LogP contribution in [0.15, 0.2) is 23.1 Å². The molecule has 0 unspecified atom stereocenters. The van der Waals surface area contributed by atoms with Crippen molar-refractivity contribution in [2.24, 2.45) is 0 Å². The predicted molar refractivity (Wildman–Crippen MR) is 63.9 cm³/mol. The molecule has 0 fully saturated rings. The van der Waals surface area contributed by atoms with Crippen molar-refractivity contribution in [3.63, 3.8) is 0 Å². The Morgan fingerprint density at radius 2 is 1.95 bits per heavy atom. The number of aliphatic carboxylic acids is 1. The molecule has 0 bridgehead atoms. The molecule has 0 spiro atoms. The van der Waals surface area contributed by atoms with Gasteiger partial charge >= 0.3 is 12.1 Å². The van der Waals surface area contributed by atoms with E-state index in [0.717, 1.165) is 13.0 Å². The minimum Gasteiger partial charge on any atom is -0.480 e. The molecular weight excluding hydrogens is 323 g/mol. The first-order chi connectivity index (χ1) is 8.95. The lowest BCUT2D eigenvalue weighted by Gasteiger charge is -2.13. The largest absolute Gasteiger partial charge is 0.480 e. The van der Waals surface area contributed by atoms with E-state index in [-0.39, 0.29) is 0 Å². The number of rotatable bonds is 4. The van der Waals surface area contributed by atoms with Gasteiger partial charge in [-0.3, -0.25) is 4.79 Å². The Kier molecular flexibility index (Phi) is 4.67. The zero-order valence-corrected chi connectivity index (χ0v) is 11.5. The average Bonchev–Trinajstić information content (AvgIpc) is 2.26. The van der Waals surface area contributed by atoms with E-state index in [0.29, 0.717) is 12.1 Å². The molecule has 0 amide bonds. The number of carbonyl (C=O) groups is 1. The van der Waals surface area contributed by atoms with Gasteiger partial charge in [0.15, 0.2) is 0 Å². The second-order valence-electron chi connectivity index (χ2n) is 3.82. The molecule has 0 aliphatic rings. The van der Waals surface area contributed by atoms with Crippen LogP contribution in [0.5, 0.6) is 0 Å². The normalized spacial score (nSPS) is 14.1. The topological polar surface area (TPSA) is 83.5 Å². The number of hydrogen-bond acceptors (Lipinski definition) is 3. The van der Waals surface area contributed by atoms with Gasteiger partial charge < -0.3 is 5.11 Å². The van der Waals surface area contributed by atoms with Crippen LogP contribution in [-0.4, -0.2) is 25.5 Å². The Balaban J connectivity index is 3.28. The van der Waals surface area contributed by atoms with Gasteiger partial charge in [-0.2, -0.15) is 17.9 Å².